The van der Waals surface area contributed by atoms with Crippen LogP contribution in [0.15, 0.2) is 30.3 Å². The first-order valence-corrected chi connectivity index (χ1v) is 11.4. The van der Waals surface area contributed by atoms with E-state index in [0.29, 0.717) is 37.5 Å². The summed E-state index contributed by atoms with van der Waals surface area (Å²) in [7, 11) is -4.83. The molecule has 154 valence electrons. The van der Waals surface area contributed by atoms with Gasteiger partial charge in [0.1, 0.15) is 0 Å². The second-order valence-electron chi connectivity index (χ2n) is 8.20. The van der Waals surface area contributed by atoms with Gasteiger partial charge in [-0.2, -0.15) is 4.39 Å². The fraction of sp³-hybridized carbons (Fsp3) is 0.632. The van der Waals surface area contributed by atoms with E-state index >= 15 is 4.39 Å². The van der Waals surface area contributed by atoms with E-state index in [2.05, 4.69) is 0 Å². The Bertz CT molecular complexity index is 823. The van der Waals surface area contributed by atoms with E-state index in [9.17, 15) is 17.6 Å². The molecule has 0 radical (unpaired) electrons. The van der Waals surface area contributed by atoms with E-state index in [1.54, 1.807) is 22.9 Å². The molecule has 4 aliphatic carbocycles. The maximum atomic E-state index is 15.8. The number of halogens is 3. The zero-order valence-corrected chi connectivity index (χ0v) is 16.6. The predicted octanol–water partition coefficient (Wildman–Crippen LogP) is 3.75. The second-order valence-corrected chi connectivity index (χ2v) is 10.3. The number of alkyl halides is 3. The minimum absolute atomic E-state index is 0.0451. The van der Waals surface area contributed by atoms with Crippen LogP contribution in [0.5, 0.6) is 0 Å². The Hall–Kier alpha value is -1.25. The van der Waals surface area contributed by atoms with E-state index in [1.165, 1.54) is 12.1 Å². The summed E-state index contributed by atoms with van der Waals surface area (Å²) in [6.45, 7) is 0. The van der Waals surface area contributed by atoms with Gasteiger partial charge in [-0.05, 0) is 67.9 Å². The van der Waals surface area contributed by atoms with Gasteiger partial charge in [-0.15, -0.1) is 0 Å². The molecule has 5 rings (SSSR count). The highest BCUT2D eigenvalue weighted by atomic mass is 35.5. The highest BCUT2D eigenvalue weighted by Crippen LogP contribution is 2.61. The van der Waals surface area contributed by atoms with Crippen LogP contribution < -0.4 is 4.72 Å². The van der Waals surface area contributed by atoms with Gasteiger partial charge < -0.3 is 4.74 Å². The third-order valence-corrected chi connectivity index (χ3v) is 7.98. The molecule has 0 aliphatic heterocycles. The molecule has 0 spiro atoms. The van der Waals surface area contributed by atoms with E-state index in [-0.39, 0.29) is 17.4 Å². The lowest BCUT2D eigenvalue weighted by Gasteiger charge is -2.58. The average Bonchev–Trinajstić information content (AvgIpc) is 2.65. The summed E-state index contributed by atoms with van der Waals surface area (Å²) in [6.07, 6.45) is 3.78. The molecule has 4 saturated carbocycles. The van der Waals surface area contributed by atoms with Crippen molar-refractivity contribution in [3.8, 4) is 0 Å². The van der Waals surface area contributed by atoms with Crippen LogP contribution in [0.4, 0.5) is 8.78 Å². The van der Waals surface area contributed by atoms with Gasteiger partial charge in [-0.25, -0.2) is 17.5 Å². The van der Waals surface area contributed by atoms with Crippen LogP contribution in [0.3, 0.4) is 0 Å². The van der Waals surface area contributed by atoms with E-state index in [4.69, 9.17) is 16.3 Å². The molecule has 0 saturated heterocycles. The molecule has 2 unspecified atom stereocenters. The summed E-state index contributed by atoms with van der Waals surface area (Å²) in [5, 5.41) is 0. The summed E-state index contributed by atoms with van der Waals surface area (Å²) in [5.41, 5.74) is -6.60. The SMILES string of the molecule is O=C(NS(=O)(=O)C(F)OC(Cl)C1(F)C2CC3CC(C2)CC1C3)c1ccccc1. The van der Waals surface area contributed by atoms with Crippen LogP contribution in [-0.2, 0) is 14.8 Å². The van der Waals surface area contributed by atoms with Gasteiger partial charge >= 0.3 is 5.69 Å². The Labute approximate surface area is 167 Å². The lowest BCUT2D eigenvalue weighted by atomic mass is 9.50. The largest absolute Gasteiger partial charge is 0.322 e. The molecule has 2 atom stereocenters. The van der Waals surface area contributed by atoms with Crippen LogP contribution in [0.2, 0.25) is 0 Å². The minimum atomic E-state index is -4.83. The number of rotatable bonds is 6. The minimum Gasteiger partial charge on any atom is -0.312 e. The molecule has 4 aliphatic rings. The molecule has 1 amide bonds. The number of carbonyl (C=O) groups is 1. The first kappa shape index (κ1) is 20.0. The maximum absolute atomic E-state index is 15.8. The molecule has 28 heavy (non-hydrogen) atoms. The van der Waals surface area contributed by atoms with Crippen molar-refractivity contribution in [2.45, 2.75) is 49.0 Å². The van der Waals surface area contributed by atoms with Crippen molar-refractivity contribution in [2.24, 2.45) is 23.7 Å². The predicted molar refractivity (Wildman–Crippen MR) is 99.3 cm³/mol. The molecule has 1 N–H and O–H groups in total. The molecule has 0 aromatic heterocycles. The zero-order chi connectivity index (χ0) is 20.1. The first-order valence-electron chi connectivity index (χ1n) is 9.43. The molecule has 1 aromatic rings. The van der Waals surface area contributed by atoms with Crippen molar-refractivity contribution >= 4 is 27.5 Å². The van der Waals surface area contributed by atoms with Crippen LogP contribution in [-0.4, -0.2) is 31.2 Å². The van der Waals surface area contributed by atoms with Crippen LogP contribution in [0.25, 0.3) is 0 Å². The van der Waals surface area contributed by atoms with E-state index in [1.807, 2.05) is 0 Å². The Morgan fingerprint density at radius 1 is 1.11 bits per heavy atom. The number of carbonyl (C=O) groups excluding carboxylic acids is 1. The highest BCUT2D eigenvalue weighted by molar-refractivity contribution is 7.90. The summed E-state index contributed by atoms with van der Waals surface area (Å²) in [5.74, 6) is -0.765. The number of hydrogen-bond acceptors (Lipinski definition) is 4. The van der Waals surface area contributed by atoms with Crippen molar-refractivity contribution < 1.29 is 26.7 Å². The first-order chi connectivity index (χ1) is 13.2. The quantitative estimate of drug-likeness (QED) is 0.693. The molecular weight excluding hydrogens is 412 g/mol. The molecule has 0 heterocycles. The Balaban J connectivity index is 1.44. The Morgan fingerprint density at radius 3 is 2.18 bits per heavy atom. The maximum Gasteiger partial charge on any atom is 0.322 e. The fourth-order valence-corrected chi connectivity index (χ4v) is 6.61. The fourth-order valence-electron chi connectivity index (χ4n) is 5.37. The number of hydrogen-bond donors (Lipinski definition) is 1. The van der Waals surface area contributed by atoms with Crippen molar-refractivity contribution in [2.75, 3.05) is 0 Å². The van der Waals surface area contributed by atoms with Crippen molar-refractivity contribution in [3.63, 3.8) is 0 Å². The number of nitrogens with one attached hydrogen (secondary N) is 1. The van der Waals surface area contributed by atoms with E-state index < -0.39 is 32.9 Å². The number of ether oxygens (including phenoxy) is 1. The van der Waals surface area contributed by atoms with E-state index in [0.717, 1.165) is 6.42 Å². The van der Waals surface area contributed by atoms with Gasteiger partial charge in [-0.1, -0.05) is 29.8 Å². The lowest BCUT2D eigenvalue weighted by Crippen LogP contribution is -2.60. The van der Waals surface area contributed by atoms with Gasteiger partial charge in [0, 0.05) is 5.56 Å². The average molecular weight is 434 g/mol. The second kappa shape index (κ2) is 7.22. The molecule has 1 aromatic carbocycles. The third-order valence-electron chi connectivity index (χ3n) is 6.48. The van der Waals surface area contributed by atoms with Gasteiger partial charge in [0.05, 0.1) is 0 Å². The van der Waals surface area contributed by atoms with Crippen LogP contribution >= 0.6 is 11.6 Å². The van der Waals surface area contributed by atoms with Crippen LogP contribution in [0.1, 0.15) is 42.5 Å². The smallest absolute Gasteiger partial charge is 0.312 e. The normalized spacial score (nSPS) is 36.1. The summed E-state index contributed by atoms with van der Waals surface area (Å²) in [6, 6.07) is 7.50. The summed E-state index contributed by atoms with van der Waals surface area (Å²) >= 11 is 6.11. The highest BCUT2D eigenvalue weighted by Gasteiger charge is 2.62. The number of benzene rings is 1. The number of sulfonamides is 1. The van der Waals surface area contributed by atoms with Crippen LogP contribution in [0, 0.1) is 23.7 Å². The molecule has 9 heteroatoms. The Morgan fingerprint density at radius 2 is 1.64 bits per heavy atom. The Kier molecular flexibility index (Phi) is 5.17. The topological polar surface area (TPSA) is 72.5 Å². The standard InChI is InChI=1S/C19H22ClF2NO4S/c20-17(19(22)14-7-11-6-12(9-14)10-15(19)8-11)27-18(21)28(25,26)23-16(24)13-4-2-1-3-5-13/h1-5,11-12,14-15,17-18H,6-10H2,(H,23,24). The van der Waals surface area contributed by atoms with Gasteiger partial charge in [-0.3, -0.25) is 4.79 Å². The zero-order valence-electron chi connectivity index (χ0n) is 15.1. The molecule has 5 nitrogen and oxygen atoms in total. The molecule has 4 fully saturated rings. The lowest BCUT2D eigenvalue weighted by molar-refractivity contribution is -0.183. The van der Waals surface area contributed by atoms with Crippen molar-refractivity contribution in [1.82, 2.24) is 4.72 Å². The van der Waals surface area contributed by atoms with Gasteiger partial charge in [0.15, 0.2) is 11.2 Å². The van der Waals surface area contributed by atoms with Gasteiger partial charge in [0.25, 0.3) is 15.9 Å². The summed E-state index contributed by atoms with van der Waals surface area (Å²) in [4.78, 5) is 12.0. The molecule has 4 bridgehead atoms. The number of amides is 1. The van der Waals surface area contributed by atoms with Gasteiger partial charge in [0.2, 0.25) is 0 Å². The molecular formula is C19H22ClF2NO4S. The van der Waals surface area contributed by atoms with Crippen molar-refractivity contribution in [1.29, 1.82) is 0 Å². The monoisotopic (exact) mass is 433 g/mol. The third kappa shape index (κ3) is 3.44. The summed E-state index contributed by atoms with van der Waals surface area (Å²) < 4.78 is 60.9. The van der Waals surface area contributed by atoms with Crippen molar-refractivity contribution in [3.05, 3.63) is 35.9 Å².